The van der Waals surface area contributed by atoms with E-state index in [9.17, 15) is 8.42 Å². The van der Waals surface area contributed by atoms with Gasteiger partial charge in [0.1, 0.15) is 0 Å². The van der Waals surface area contributed by atoms with E-state index in [0.29, 0.717) is 12.0 Å². The number of sulfonamides is 1. The number of hydrogen-bond donors (Lipinski definition) is 2. The van der Waals surface area contributed by atoms with Crippen LogP contribution in [0.4, 0.5) is 0 Å². The van der Waals surface area contributed by atoms with Crippen LogP contribution in [0.15, 0.2) is 29.3 Å². The van der Waals surface area contributed by atoms with Crippen LogP contribution in [0.2, 0.25) is 0 Å². The van der Waals surface area contributed by atoms with Crippen LogP contribution in [0.5, 0.6) is 0 Å². The second-order valence-electron chi connectivity index (χ2n) is 8.58. The minimum Gasteiger partial charge on any atom is -0.352 e. The molecule has 28 heavy (non-hydrogen) atoms. The normalized spacial score (nSPS) is 19.7. The van der Waals surface area contributed by atoms with E-state index in [4.69, 9.17) is 0 Å². The van der Waals surface area contributed by atoms with Gasteiger partial charge in [-0.2, -0.15) is 0 Å². The van der Waals surface area contributed by atoms with Crippen molar-refractivity contribution in [3.63, 3.8) is 0 Å². The Labute approximate surface area is 169 Å². The number of benzene rings is 1. The Morgan fingerprint density at radius 3 is 2.50 bits per heavy atom. The van der Waals surface area contributed by atoms with Gasteiger partial charge in [-0.3, -0.25) is 4.99 Å². The molecule has 1 aromatic carbocycles. The van der Waals surface area contributed by atoms with Crippen LogP contribution < -0.4 is 10.0 Å². The van der Waals surface area contributed by atoms with Gasteiger partial charge in [0.2, 0.25) is 10.0 Å². The average molecular weight is 407 g/mol. The van der Waals surface area contributed by atoms with Crippen molar-refractivity contribution in [2.24, 2.45) is 10.4 Å². The van der Waals surface area contributed by atoms with Gasteiger partial charge in [0, 0.05) is 32.7 Å². The van der Waals surface area contributed by atoms with Gasteiger partial charge in [-0.25, -0.2) is 13.1 Å². The Balaban J connectivity index is 1.64. The van der Waals surface area contributed by atoms with E-state index >= 15 is 0 Å². The highest BCUT2D eigenvalue weighted by Crippen LogP contribution is 2.45. The van der Waals surface area contributed by atoms with Gasteiger partial charge in [-0.1, -0.05) is 37.1 Å². The topological polar surface area (TPSA) is 73.8 Å². The zero-order valence-electron chi connectivity index (χ0n) is 17.4. The number of nitrogens with zero attached hydrogens (tertiary/aromatic N) is 2. The molecule has 0 amide bonds. The summed E-state index contributed by atoms with van der Waals surface area (Å²) in [5.74, 6) is 0.913. The van der Waals surface area contributed by atoms with E-state index < -0.39 is 10.0 Å². The number of likely N-dealkylation sites (tertiary alicyclic amines) is 1. The van der Waals surface area contributed by atoms with E-state index in [-0.39, 0.29) is 11.8 Å². The lowest BCUT2D eigenvalue weighted by atomic mass is 9.86. The first kappa shape index (κ1) is 21.1. The zero-order valence-corrected chi connectivity index (χ0v) is 18.2. The maximum Gasteiger partial charge on any atom is 0.216 e. The van der Waals surface area contributed by atoms with Crippen molar-refractivity contribution < 1.29 is 8.42 Å². The minimum atomic E-state index is -3.35. The van der Waals surface area contributed by atoms with Crippen LogP contribution in [-0.2, 0) is 22.3 Å². The van der Waals surface area contributed by atoms with Gasteiger partial charge in [0.05, 0.1) is 5.75 Å². The molecule has 0 radical (unpaired) electrons. The molecule has 1 saturated carbocycles. The molecule has 0 unspecified atom stereocenters. The van der Waals surface area contributed by atoms with Gasteiger partial charge in [0.25, 0.3) is 0 Å². The summed E-state index contributed by atoms with van der Waals surface area (Å²) >= 11 is 0. The first-order valence-electron chi connectivity index (χ1n) is 10.3. The summed E-state index contributed by atoms with van der Waals surface area (Å²) < 4.78 is 27.4. The first-order valence-corrected chi connectivity index (χ1v) is 12.0. The first-order chi connectivity index (χ1) is 13.3. The fourth-order valence-corrected chi connectivity index (χ4v) is 6.12. The summed E-state index contributed by atoms with van der Waals surface area (Å²) in [5, 5.41) is 3.46. The standard InChI is InChI=1S/C21H34N4O2S/c1-17(2)24-28(26,27)15-19-9-5-4-8-18(19)14-23-20(22-3)25-13-12-21(16-25)10-6-7-11-21/h4-5,8-9,17,24H,6-7,10-16H2,1-3H3,(H,22,23). The van der Waals surface area contributed by atoms with E-state index in [2.05, 4.69) is 19.9 Å². The number of rotatable bonds is 6. The molecule has 0 bridgehead atoms. The highest BCUT2D eigenvalue weighted by atomic mass is 32.2. The molecule has 1 aliphatic carbocycles. The molecule has 1 saturated heterocycles. The molecular formula is C21H34N4O2S. The second kappa shape index (κ2) is 8.82. The third kappa shape index (κ3) is 5.26. The Hall–Kier alpha value is -1.60. The van der Waals surface area contributed by atoms with Crippen LogP contribution >= 0.6 is 0 Å². The third-order valence-corrected chi connectivity index (χ3v) is 7.45. The quantitative estimate of drug-likeness (QED) is 0.563. The van der Waals surface area contributed by atoms with Crippen molar-refractivity contribution in [2.75, 3.05) is 20.1 Å². The van der Waals surface area contributed by atoms with E-state index in [1.807, 2.05) is 45.2 Å². The molecule has 0 atom stereocenters. The van der Waals surface area contributed by atoms with Crippen molar-refractivity contribution in [1.29, 1.82) is 0 Å². The fourth-order valence-electron chi connectivity index (χ4n) is 4.63. The predicted molar refractivity (Wildman–Crippen MR) is 115 cm³/mol. The second-order valence-corrected chi connectivity index (χ2v) is 10.3. The Morgan fingerprint density at radius 1 is 1.18 bits per heavy atom. The lowest BCUT2D eigenvalue weighted by Gasteiger charge is -2.26. The molecule has 1 aliphatic heterocycles. The summed E-state index contributed by atoms with van der Waals surface area (Å²) in [6.45, 7) is 6.38. The summed E-state index contributed by atoms with van der Waals surface area (Å²) in [6, 6.07) is 7.62. The number of hydrogen-bond acceptors (Lipinski definition) is 3. The molecule has 2 aliphatic rings. The van der Waals surface area contributed by atoms with Gasteiger partial charge in [0.15, 0.2) is 5.96 Å². The summed E-state index contributed by atoms with van der Waals surface area (Å²) in [4.78, 5) is 6.85. The highest BCUT2D eigenvalue weighted by molar-refractivity contribution is 7.88. The van der Waals surface area contributed by atoms with Crippen molar-refractivity contribution in [2.45, 2.75) is 64.3 Å². The molecule has 2 fully saturated rings. The van der Waals surface area contributed by atoms with Crippen molar-refractivity contribution >= 4 is 16.0 Å². The Bertz CT molecular complexity index is 798. The highest BCUT2D eigenvalue weighted by Gasteiger charge is 2.41. The predicted octanol–water partition coefficient (Wildman–Crippen LogP) is 2.86. The monoisotopic (exact) mass is 406 g/mol. The van der Waals surface area contributed by atoms with Gasteiger partial charge in [-0.05, 0) is 49.7 Å². The van der Waals surface area contributed by atoms with E-state index in [0.717, 1.165) is 30.2 Å². The average Bonchev–Trinajstić information content (AvgIpc) is 3.26. The van der Waals surface area contributed by atoms with Gasteiger partial charge >= 0.3 is 0 Å². The summed E-state index contributed by atoms with van der Waals surface area (Å²) in [6.07, 6.45) is 6.63. The lowest BCUT2D eigenvalue weighted by molar-refractivity contribution is 0.309. The smallest absolute Gasteiger partial charge is 0.216 e. The van der Waals surface area contributed by atoms with Crippen LogP contribution in [0.1, 0.15) is 57.1 Å². The zero-order chi connectivity index (χ0) is 20.2. The van der Waals surface area contributed by atoms with E-state index in [1.54, 1.807) is 0 Å². The largest absolute Gasteiger partial charge is 0.352 e. The summed E-state index contributed by atoms with van der Waals surface area (Å²) in [5.41, 5.74) is 2.31. The van der Waals surface area contributed by atoms with Crippen molar-refractivity contribution in [3.05, 3.63) is 35.4 Å². The maximum absolute atomic E-state index is 12.3. The van der Waals surface area contributed by atoms with Crippen molar-refractivity contribution in [1.82, 2.24) is 14.9 Å². The summed E-state index contributed by atoms with van der Waals surface area (Å²) in [7, 11) is -1.53. The SMILES string of the molecule is CN=C(NCc1ccccc1CS(=O)(=O)NC(C)C)N1CCC2(CCCC2)C1. The van der Waals surface area contributed by atoms with Crippen LogP contribution in [0.3, 0.4) is 0 Å². The number of guanidine groups is 1. The minimum absolute atomic E-state index is 0.00550. The maximum atomic E-state index is 12.3. The molecule has 0 aromatic heterocycles. The molecule has 1 aromatic rings. The molecule has 156 valence electrons. The van der Waals surface area contributed by atoms with E-state index in [1.165, 1.54) is 32.1 Å². The molecule has 2 N–H and O–H groups in total. The molecule has 7 heteroatoms. The molecule has 6 nitrogen and oxygen atoms in total. The van der Waals surface area contributed by atoms with Gasteiger partial charge in [-0.15, -0.1) is 0 Å². The van der Waals surface area contributed by atoms with Crippen LogP contribution in [0, 0.1) is 5.41 Å². The molecule has 1 spiro atoms. The Kier molecular flexibility index (Phi) is 6.65. The third-order valence-electron chi connectivity index (χ3n) is 5.93. The molecule has 1 heterocycles. The Morgan fingerprint density at radius 2 is 1.86 bits per heavy atom. The number of aliphatic imine (C=N–C) groups is 1. The van der Waals surface area contributed by atoms with Crippen molar-refractivity contribution in [3.8, 4) is 0 Å². The molecular weight excluding hydrogens is 372 g/mol. The van der Waals surface area contributed by atoms with Crippen LogP contribution in [0.25, 0.3) is 0 Å². The van der Waals surface area contributed by atoms with Crippen LogP contribution in [-0.4, -0.2) is 45.5 Å². The number of nitrogens with one attached hydrogen (secondary N) is 2. The molecule has 3 rings (SSSR count). The van der Waals surface area contributed by atoms with Gasteiger partial charge < -0.3 is 10.2 Å². The lowest BCUT2D eigenvalue weighted by Crippen LogP contribution is -2.40. The fraction of sp³-hybridized carbons (Fsp3) is 0.667.